The molecule has 21 heavy (non-hydrogen) atoms. The van der Waals surface area contributed by atoms with Crippen LogP contribution in [0.25, 0.3) is 0 Å². The van der Waals surface area contributed by atoms with Gasteiger partial charge in [0.25, 0.3) is 0 Å². The van der Waals surface area contributed by atoms with Crippen LogP contribution < -0.4 is 0 Å². The van der Waals surface area contributed by atoms with Gasteiger partial charge in [-0.3, -0.25) is 0 Å². The number of hydrogen-bond donors (Lipinski definition) is 1. The van der Waals surface area contributed by atoms with Gasteiger partial charge in [-0.1, -0.05) is 6.92 Å². The molecular weight excluding hydrogens is 301 g/mol. The fourth-order valence-corrected chi connectivity index (χ4v) is 3.26. The summed E-state index contributed by atoms with van der Waals surface area (Å²) < 4.78 is 44.7. The third-order valence-corrected chi connectivity index (χ3v) is 4.83. The van der Waals surface area contributed by atoms with E-state index in [1.165, 1.54) is 0 Å². The van der Waals surface area contributed by atoms with Gasteiger partial charge in [0.2, 0.25) is 10.0 Å². The monoisotopic (exact) mass is 319 g/mol. The van der Waals surface area contributed by atoms with Gasteiger partial charge in [-0.25, -0.2) is 17.6 Å². The van der Waals surface area contributed by atoms with Crippen LogP contribution >= 0.6 is 0 Å². The molecule has 0 aliphatic carbocycles. The smallest absolute Gasteiger partial charge is 0.335 e. The van der Waals surface area contributed by atoms with E-state index in [-0.39, 0.29) is 25.3 Å². The number of ether oxygens (including phenoxy) is 1. The van der Waals surface area contributed by atoms with E-state index >= 15 is 0 Å². The number of hydrogen-bond acceptors (Lipinski definition) is 4. The Hall–Kier alpha value is -1.51. The molecular formula is C13H18FNO5S. The van der Waals surface area contributed by atoms with Crippen molar-refractivity contribution >= 4 is 16.0 Å². The summed E-state index contributed by atoms with van der Waals surface area (Å²) in [6, 6.07) is 2.69. The first-order valence-electron chi connectivity index (χ1n) is 6.45. The number of sulfonamides is 1. The average molecular weight is 319 g/mol. The normalized spacial score (nSPS) is 11.8. The lowest BCUT2D eigenvalue weighted by atomic mass is 10.2. The van der Waals surface area contributed by atoms with E-state index in [1.807, 2.05) is 0 Å². The van der Waals surface area contributed by atoms with E-state index in [0.29, 0.717) is 6.61 Å². The predicted octanol–water partition coefficient (Wildman–Crippen LogP) is 1.57. The van der Waals surface area contributed by atoms with Crippen molar-refractivity contribution < 1.29 is 27.4 Å². The second kappa shape index (κ2) is 7.48. The molecule has 1 N–H and O–H groups in total. The highest BCUT2D eigenvalue weighted by molar-refractivity contribution is 7.89. The fraction of sp³-hybridized carbons (Fsp3) is 0.462. The van der Waals surface area contributed by atoms with Crippen molar-refractivity contribution in [2.24, 2.45) is 0 Å². The van der Waals surface area contributed by atoms with Gasteiger partial charge < -0.3 is 9.84 Å². The number of benzene rings is 1. The molecule has 1 aromatic carbocycles. The number of aromatic carboxylic acids is 1. The Morgan fingerprint density at radius 1 is 1.38 bits per heavy atom. The first-order valence-corrected chi connectivity index (χ1v) is 7.89. The molecule has 0 radical (unpaired) electrons. The molecule has 0 saturated carbocycles. The maximum Gasteiger partial charge on any atom is 0.335 e. The summed E-state index contributed by atoms with van der Waals surface area (Å²) in [6.45, 7) is 4.23. The summed E-state index contributed by atoms with van der Waals surface area (Å²) in [5.41, 5.74) is -0.282. The molecule has 0 saturated heterocycles. The van der Waals surface area contributed by atoms with Crippen LogP contribution in [0.4, 0.5) is 4.39 Å². The van der Waals surface area contributed by atoms with Crippen LogP contribution in [0.2, 0.25) is 0 Å². The van der Waals surface area contributed by atoms with Gasteiger partial charge in [0.05, 0.1) is 12.2 Å². The topological polar surface area (TPSA) is 83.9 Å². The molecule has 0 aliphatic rings. The van der Waals surface area contributed by atoms with E-state index < -0.39 is 26.7 Å². The van der Waals surface area contributed by atoms with Crippen molar-refractivity contribution in [1.82, 2.24) is 4.31 Å². The zero-order valence-electron chi connectivity index (χ0n) is 11.9. The summed E-state index contributed by atoms with van der Waals surface area (Å²) in [5, 5.41) is 8.88. The van der Waals surface area contributed by atoms with Crippen molar-refractivity contribution in [3.63, 3.8) is 0 Å². The van der Waals surface area contributed by atoms with E-state index in [4.69, 9.17) is 9.84 Å². The molecule has 0 atom stereocenters. The fourth-order valence-electron chi connectivity index (χ4n) is 1.73. The highest BCUT2D eigenvalue weighted by atomic mass is 32.2. The molecule has 0 spiro atoms. The van der Waals surface area contributed by atoms with E-state index in [9.17, 15) is 17.6 Å². The molecule has 0 fully saturated rings. The summed E-state index contributed by atoms with van der Waals surface area (Å²) >= 11 is 0. The maximum absolute atomic E-state index is 13.8. The minimum atomic E-state index is -4.10. The van der Waals surface area contributed by atoms with E-state index in [1.54, 1.807) is 13.8 Å². The lowest BCUT2D eigenvalue weighted by molar-refractivity contribution is 0.0696. The van der Waals surface area contributed by atoms with Crippen molar-refractivity contribution in [2.75, 3.05) is 26.3 Å². The quantitative estimate of drug-likeness (QED) is 0.735. The Morgan fingerprint density at radius 2 is 2.05 bits per heavy atom. The highest BCUT2D eigenvalue weighted by Gasteiger charge is 2.27. The standard InChI is InChI=1S/C13H18FNO5S/c1-3-15(7-8-20-4-2)21(18,19)12-9-10(13(16)17)5-6-11(12)14/h5-6,9H,3-4,7-8H2,1-2H3,(H,16,17). The van der Waals surface area contributed by atoms with Crippen LogP contribution in [0.15, 0.2) is 23.1 Å². The highest BCUT2D eigenvalue weighted by Crippen LogP contribution is 2.20. The molecule has 8 heteroatoms. The van der Waals surface area contributed by atoms with Crippen LogP contribution in [-0.2, 0) is 14.8 Å². The van der Waals surface area contributed by atoms with Gasteiger partial charge in [0, 0.05) is 19.7 Å². The summed E-state index contributed by atoms with van der Waals surface area (Å²) in [5.74, 6) is -2.29. The number of rotatable bonds is 8. The molecule has 0 aromatic heterocycles. The van der Waals surface area contributed by atoms with Crippen LogP contribution in [0.5, 0.6) is 0 Å². The van der Waals surface area contributed by atoms with Crippen LogP contribution in [0.3, 0.4) is 0 Å². The number of nitrogens with zero attached hydrogens (tertiary/aromatic N) is 1. The van der Waals surface area contributed by atoms with Gasteiger partial charge in [0.15, 0.2) is 0 Å². The molecule has 0 aliphatic heterocycles. The molecule has 0 heterocycles. The van der Waals surface area contributed by atoms with E-state index in [2.05, 4.69) is 0 Å². The minimum Gasteiger partial charge on any atom is -0.478 e. The lowest BCUT2D eigenvalue weighted by Gasteiger charge is -2.20. The van der Waals surface area contributed by atoms with E-state index in [0.717, 1.165) is 22.5 Å². The molecule has 6 nitrogen and oxygen atoms in total. The zero-order chi connectivity index (χ0) is 16.0. The van der Waals surface area contributed by atoms with Crippen molar-refractivity contribution in [1.29, 1.82) is 0 Å². The number of carboxylic acid groups (broad SMARTS) is 1. The SMILES string of the molecule is CCOCCN(CC)S(=O)(=O)c1cc(C(=O)O)ccc1F. The molecule has 1 rings (SSSR count). The van der Waals surface area contributed by atoms with Crippen molar-refractivity contribution in [3.05, 3.63) is 29.6 Å². The van der Waals surface area contributed by atoms with Gasteiger partial charge in [-0.05, 0) is 25.1 Å². The van der Waals surface area contributed by atoms with Gasteiger partial charge in [-0.15, -0.1) is 0 Å². The largest absolute Gasteiger partial charge is 0.478 e. The molecule has 118 valence electrons. The third kappa shape index (κ3) is 4.23. The van der Waals surface area contributed by atoms with Gasteiger partial charge in [-0.2, -0.15) is 4.31 Å². The number of halogens is 1. The summed E-state index contributed by atoms with van der Waals surface area (Å²) in [4.78, 5) is 10.3. The Labute approximate surface area is 123 Å². The first kappa shape index (κ1) is 17.5. The summed E-state index contributed by atoms with van der Waals surface area (Å²) in [7, 11) is -4.10. The van der Waals surface area contributed by atoms with Gasteiger partial charge >= 0.3 is 5.97 Å². The maximum atomic E-state index is 13.8. The Balaban J connectivity index is 3.15. The molecule has 0 unspecified atom stereocenters. The number of likely N-dealkylation sites (N-methyl/N-ethyl adjacent to an activating group) is 1. The van der Waals surface area contributed by atoms with Crippen molar-refractivity contribution in [2.45, 2.75) is 18.7 Å². The first-order chi connectivity index (χ1) is 9.84. The van der Waals surface area contributed by atoms with Crippen LogP contribution in [0, 0.1) is 5.82 Å². The molecule has 0 amide bonds. The Morgan fingerprint density at radius 3 is 2.57 bits per heavy atom. The molecule has 1 aromatic rings. The van der Waals surface area contributed by atoms with Gasteiger partial charge in [0.1, 0.15) is 10.7 Å². The average Bonchev–Trinajstić information content (AvgIpc) is 2.43. The lowest BCUT2D eigenvalue weighted by Crippen LogP contribution is -2.34. The molecule has 0 bridgehead atoms. The van der Waals surface area contributed by atoms with Crippen LogP contribution in [0.1, 0.15) is 24.2 Å². The number of carbonyl (C=O) groups is 1. The second-order valence-corrected chi connectivity index (χ2v) is 6.05. The zero-order valence-corrected chi connectivity index (χ0v) is 12.7. The Bertz CT molecular complexity index is 603. The third-order valence-electron chi connectivity index (χ3n) is 2.84. The summed E-state index contributed by atoms with van der Waals surface area (Å²) in [6.07, 6.45) is 0. The van der Waals surface area contributed by atoms with Crippen molar-refractivity contribution in [3.8, 4) is 0 Å². The minimum absolute atomic E-state index is 0.0728. The second-order valence-electron chi connectivity index (χ2n) is 4.14. The predicted molar refractivity (Wildman–Crippen MR) is 74.3 cm³/mol. The number of carboxylic acids is 1. The Kier molecular flexibility index (Phi) is 6.25. The van der Waals surface area contributed by atoms with Crippen LogP contribution in [-0.4, -0.2) is 50.1 Å².